The van der Waals surface area contributed by atoms with E-state index in [4.69, 9.17) is 9.84 Å². The van der Waals surface area contributed by atoms with Crippen LogP contribution in [0.15, 0.2) is 18.2 Å². The average molecular weight is 251 g/mol. The summed E-state index contributed by atoms with van der Waals surface area (Å²) in [5.41, 5.74) is 2.03. The number of ether oxygens (including phenoxy) is 1. The van der Waals surface area contributed by atoms with E-state index in [2.05, 4.69) is 5.32 Å². The fraction of sp³-hybridized carbons (Fsp3) is 0.385. The van der Waals surface area contributed by atoms with Crippen molar-refractivity contribution in [2.75, 3.05) is 6.61 Å². The molecule has 98 valence electrons. The number of nitrogens with one attached hydrogen (secondary N) is 1. The van der Waals surface area contributed by atoms with Crippen molar-refractivity contribution >= 4 is 11.9 Å². The Bertz CT molecular complexity index is 456. The number of amides is 1. The van der Waals surface area contributed by atoms with E-state index in [0.29, 0.717) is 5.75 Å². The number of carbonyl (C=O) groups is 2. The Morgan fingerprint density at radius 3 is 2.61 bits per heavy atom. The summed E-state index contributed by atoms with van der Waals surface area (Å²) in [6.45, 7) is 5.02. The molecule has 0 aliphatic carbocycles. The fourth-order valence-corrected chi connectivity index (χ4v) is 1.47. The molecule has 5 nitrogen and oxygen atoms in total. The summed E-state index contributed by atoms with van der Waals surface area (Å²) < 4.78 is 5.45. The summed E-state index contributed by atoms with van der Waals surface area (Å²) in [5.74, 6) is -0.880. The quantitative estimate of drug-likeness (QED) is 0.826. The van der Waals surface area contributed by atoms with Crippen molar-refractivity contribution in [2.45, 2.75) is 26.8 Å². The van der Waals surface area contributed by atoms with Crippen molar-refractivity contribution in [1.29, 1.82) is 0 Å². The molecule has 0 heterocycles. The number of carboxylic acid groups (broad SMARTS) is 1. The van der Waals surface area contributed by atoms with Crippen molar-refractivity contribution in [2.24, 2.45) is 0 Å². The average Bonchev–Trinajstić information content (AvgIpc) is 2.28. The summed E-state index contributed by atoms with van der Waals surface area (Å²) in [6.07, 6.45) is 0. The van der Waals surface area contributed by atoms with E-state index in [0.717, 1.165) is 11.1 Å². The third kappa shape index (κ3) is 3.76. The topological polar surface area (TPSA) is 75.6 Å². The van der Waals surface area contributed by atoms with Crippen LogP contribution in [0.25, 0.3) is 0 Å². The Labute approximate surface area is 106 Å². The van der Waals surface area contributed by atoms with Crippen LogP contribution in [-0.2, 0) is 9.59 Å². The zero-order valence-electron chi connectivity index (χ0n) is 10.7. The van der Waals surface area contributed by atoms with E-state index < -0.39 is 17.9 Å². The summed E-state index contributed by atoms with van der Waals surface area (Å²) in [6, 6.07) is 4.52. The lowest BCUT2D eigenvalue weighted by atomic mass is 10.1. The van der Waals surface area contributed by atoms with Gasteiger partial charge in [0.1, 0.15) is 12.4 Å². The van der Waals surface area contributed by atoms with Crippen LogP contribution in [0.1, 0.15) is 18.1 Å². The lowest BCUT2D eigenvalue weighted by molar-refractivity contribution is -0.142. The van der Waals surface area contributed by atoms with Crippen LogP contribution in [0.3, 0.4) is 0 Å². The minimum absolute atomic E-state index is 0.0980. The number of rotatable bonds is 5. The van der Waals surface area contributed by atoms with Gasteiger partial charge in [0.25, 0.3) is 0 Å². The molecule has 0 radical (unpaired) electrons. The van der Waals surface area contributed by atoms with Gasteiger partial charge in [-0.15, -0.1) is 0 Å². The number of hydrogen-bond acceptors (Lipinski definition) is 3. The van der Waals surface area contributed by atoms with Crippen molar-refractivity contribution in [3.8, 4) is 5.75 Å². The zero-order chi connectivity index (χ0) is 13.7. The third-order valence-corrected chi connectivity index (χ3v) is 2.64. The van der Waals surface area contributed by atoms with Crippen molar-refractivity contribution in [3.63, 3.8) is 0 Å². The van der Waals surface area contributed by atoms with E-state index in [9.17, 15) is 9.59 Å². The highest BCUT2D eigenvalue weighted by atomic mass is 16.5. The van der Waals surface area contributed by atoms with Gasteiger partial charge in [0.15, 0.2) is 6.04 Å². The van der Waals surface area contributed by atoms with Gasteiger partial charge < -0.3 is 15.2 Å². The first-order chi connectivity index (χ1) is 8.41. The largest absolute Gasteiger partial charge is 0.491 e. The highest BCUT2D eigenvalue weighted by Crippen LogP contribution is 2.20. The molecule has 2 N–H and O–H groups in total. The number of hydrogen-bond donors (Lipinski definition) is 2. The number of benzene rings is 1. The first-order valence-corrected chi connectivity index (χ1v) is 5.60. The van der Waals surface area contributed by atoms with E-state index in [-0.39, 0.29) is 6.61 Å². The fourth-order valence-electron chi connectivity index (χ4n) is 1.47. The number of aliphatic carboxylic acids is 1. The molecular formula is C13H17NO4. The molecule has 1 atom stereocenters. The second-order valence-electron chi connectivity index (χ2n) is 4.10. The lowest BCUT2D eigenvalue weighted by Crippen LogP contribution is -2.43. The Balaban J connectivity index is 2.70. The van der Waals surface area contributed by atoms with Gasteiger partial charge in [0.05, 0.1) is 0 Å². The highest BCUT2D eigenvalue weighted by molar-refractivity contribution is 5.82. The normalized spacial score (nSPS) is 11.7. The zero-order valence-corrected chi connectivity index (χ0v) is 10.7. The molecule has 1 aromatic rings. The van der Waals surface area contributed by atoms with Crippen LogP contribution >= 0.6 is 0 Å². The number of aryl methyl sites for hydroxylation is 1. The maximum absolute atomic E-state index is 10.9. The van der Waals surface area contributed by atoms with Gasteiger partial charge in [0, 0.05) is 6.92 Å². The molecule has 0 aliphatic heterocycles. The Morgan fingerprint density at radius 1 is 1.39 bits per heavy atom. The number of carbonyl (C=O) groups excluding carboxylic acids is 1. The van der Waals surface area contributed by atoms with E-state index in [1.807, 2.05) is 26.0 Å². The molecule has 1 rings (SSSR count). The van der Waals surface area contributed by atoms with Gasteiger partial charge in [-0.25, -0.2) is 4.79 Å². The SMILES string of the molecule is CC(=O)NC(COc1cccc(C)c1C)C(=O)O. The third-order valence-electron chi connectivity index (χ3n) is 2.64. The minimum Gasteiger partial charge on any atom is -0.491 e. The van der Waals surface area contributed by atoms with Gasteiger partial charge in [-0.1, -0.05) is 12.1 Å². The lowest BCUT2D eigenvalue weighted by Gasteiger charge is -2.16. The Hall–Kier alpha value is -2.04. The van der Waals surface area contributed by atoms with Crippen LogP contribution in [0.5, 0.6) is 5.75 Å². The summed E-state index contributed by atoms with van der Waals surface area (Å²) in [7, 11) is 0. The molecule has 5 heteroatoms. The molecule has 1 amide bonds. The van der Waals surface area contributed by atoms with Crippen molar-refractivity contribution in [3.05, 3.63) is 29.3 Å². The van der Waals surface area contributed by atoms with Crippen molar-refractivity contribution in [1.82, 2.24) is 5.32 Å². The molecule has 0 fully saturated rings. The molecular weight excluding hydrogens is 234 g/mol. The predicted molar refractivity (Wildman–Crippen MR) is 66.7 cm³/mol. The van der Waals surface area contributed by atoms with Gasteiger partial charge in [0.2, 0.25) is 5.91 Å². The molecule has 18 heavy (non-hydrogen) atoms. The van der Waals surface area contributed by atoms with Gasteiger partial charge >= 0.3 is 5.97 Å². The van der Waals surface area contributed by atoms with Crippen LogP contribution < -0.4 is 10.1 Å². The van der Waals surface area contributed by atoms with Crippen LogP contribution in [0.4, 0.5) is 0 Å². The van der Waals surface area contributed by atoms with Gasteiger partial charge in [-0.3, -0.25) is 4.79 Å². The molecule has 0 saturated heterocycles. The second-order valence-corrected chi connectivity index (χ2v) is 4.10. The molecule has 0 aromatic heterocycles. The Kier molecular flexibility index (Phi) is 4.71. The summed E-state index contributed by atoms with van der Waals surface area (Å²) in [5, 5.41) is 11.2. The molecule has 1 aromatic carbocycles. The van der Waals surface area contributed by atoms with Crippen LogP contribution in [-0.4, -0.2) is 29.6 Å². The molecule has 0 saturated carbocycles. The maximum Gasteiger partial charge on any atom is 0.329 e. The minimum atomic E-state index is -1.12. The molecule has 0 aliphatic rings. The summed E-state index contributed by atoms with van der Waals surface area (Å²) >= 11 is 0. The number of carboxylic acids is 1. The van der Waals surface area contributed by atoms with Gasteiger partial charge in [-0.05, 0) is 31.0 Å². The standard InChI is InChI=1S/C13H17NO4/c1-8-5-4-6-12(9(8)2)18-7-11(13(16)17)14-10(3)15/h4-6,11H,7H2,1-3H3,(H,14,15)(H,16,17). The van der Waals surface area contributed by atoms with Crippen LogP contribution in [0, 0.1) is 13.8 Å². The Morgan fingerprint density at radius 2 is 2.06 bits per heavy atom. The van der Waals surface area contributed by atoms with E-state index in [1.165, 1.54) is 6.92 Å². The molecule has 0 bridgehead atoms. The monoisotopic (exact) mass is 251 g/mol. The van der Waals surface area contributed by atoms with E-state index >= 15 is 0 Å². The van der Waals surface area contributed by atoms with Crippen molar-refractivity contribution < 1.29 is 19.4 Å². The molecule has 0 spiro atoms. The molecule has 1 unspecified atom stereocenters. The second kappa shape index (κ2) is 6.05. The highest BCUT2D eigenvalue weighted by Gasteiger charge is 2.19. The first kappa shape index (κ1) is 14.0. The first-order valence-electron chi connectivity index (χ1n) is 5.60. The smallest absolute Gasteiger partial charge is 0.329 e. The van der Waals surface area contributed by atoms with E-state index in [1.54, 1.807) is 6.07 Å². The van der Waals surface area contributed by atoms with Crippen LogP contribution in [0.2, 0.25) is 0 Å². The van der Waals surface area contributed by atoms with Gasteiger partial charge in [-0.2, -0.15) is 0 Å². The predicted octanol–water partition coefficient (Wildman–Crippen LogP) is 1.27. The summed E-state index contributed by atoms with van der Waals surface area (Å²) in [4.78, 5) is 21.8. The maximum atomic E-state index is 10.9.